The van der Waals surface area contributed by atoms with Gasteiger partial charge in [-0.2, -0.15) is 0 Å². The summed E-state index contributed by atoms with van der Waals surface area (Å²) in [5.74, 6) is -0.818. The second-order valence-corrected chi connectivity index (χ2v) is 16.5. The maximum absolute atomic E-state index is 12.6. The fourth-order valence-corrected chi connectivity index (χ4v) is 6.16. The molecule has 0 aromatic carbocycles. The van der Waals surface area contributed by atoms with E-state index in [0.717, 1.165) is 70.6 Å². The first kappa shape index (κ1) is 49.5. The van der Waals surface area contributed by atoms with Gasteiger partial charge in [0.25, 0.3) is 0 Å². The molecule has 0 aromatic heterocycles. The van der Waals surface area contributed by atoms with Crippen LogP contribution >= 0.6 is 7.82 Å². The van der Waals surface area contributed by atoms with Crippen LogP contribution < -0.4 is 0 Å². The first-order valence-corrected chi connectivity index (χ1v) is 22.1. The standard InChI is InChI=1S/C41H78NO8P/c1-6-8-10-12-14-16-18-20-21-22-24-26-28-30-32-34-41(44)50-39(38-49-51(45,46)48-36-35-42(3,4)5)37-47-40(43)33-31-29-27-25-23-19-17-15-13-11-9-7-2/h15,17,20-21,39H,6-14,16,18-19,22-38H2,1-5H3/p+1/b17-15-,21-20-. The number of phosphoric ester groups is 1. The molecule has 0 spiro atoms. The van der Waals surface area contributed by atoms with Crippen molar-refractivity contribution in [3.05, 3.63) is 24.3 Å². The molecule has 300 valence electrons. The highest BCUT2D eigenvalue weighted by atomic mass is 31.2. The van der Waals surface area contributed by atoms with Crippen LogP contribution in [0.3, 0.4) is 0 Å². The molecule has 9 nitrogen and oxygen atoms in total. The van der Waals surface area contributed by atoms with Crippen molar-refractivity contribution in [2.45, 2.75) is 180 Å². The first-order valence-electron chi connectivity index (χ1n) is 20.6. The van der Waals surface area contributed by atoms with Crippen LogP contribution in [-0.4, -0.2) is 74.9 Å². The minimum Gasteiger partial charge on any atom is -0.462 e. The van der Waals surface area contributed by atoms with Gasteiger partial charge in [0, 0.05) is 12.8 Å². The van der Waals surface area contributed by atoms with Crippen LogP contribution in [0.5, 0.6) is 0 Å². The quantitative estimate of drug-likeness (QED) is 0.0220. The molecule has 2 atom stereocenters. The summed E-state index contributed by atoms with van der Waals surface area (Å²) in [6.07, 6.45) is 35.0. The second kappa shape index (κ2) is 34.3. The summed E-state index contributed by atoms with van der Waals surface area (Å²) in [5.41, 5.74) is 0. The maximum Gasteiger partial charge on any atom is 0.472 e. The molecular formula is C41H79NO8P+. The smallest absolute Gasteiger partial charge is 0.462 e. The Bertz CT molecular complexity index is 933. The number of unbranched alkanes of at least 4 members (excludes halogenated alkanes) is 19. The second-order valence-electron chi connectivity index (χ2n) is 15.0. The molecule has 0 saturated heterocycles. The van der Waals surface area contributed by atoms with Crippen LogP contribution in [0.25, 0.3) is 0 Å². The van der Waals surface area contributed by atoms with Gasteiger partial charge in [-0.05, 0) is 64.2 Å². The van der Waals surface area contributed by atoms with Crippen molar-refractivity contribution in [3.8, 4) is 0 Å². The van der Waals surface area contributed by atoms with E-state index >= 15 is 0 Å². The Morgan fingerprint density at radius 2 is 1.00 bits per heavy atom. The van der Waals surface area contributed by atoms with Gasteiger partial charge in [0.05, 0.1) is 27.7 Å². The number of hydrogen-bond donors (Lipinski definition) is 1. The van der Waals surface area contributed by atoms with E-state index < -0.39 is 26.5 Å². The predicted octanol–water partition coefficient (Wildman–Crippen LogP) is 11.2. The molecule has 2 unspecified atom stereocenters. The maximum atomic E-state index is 12.6. The number of hydrogen-bond acceptors (Lipinski definition) is 7. The minimum absolute atomic E-state index is 0.0297. The van der Waals surface area contributed by atoms with E-state index in [4.69, 9.17) is 18.5 Å². The van der Waals surface area contributed by atoms with E-state index in [0.29, 0.717) is 17.4 Å². The van der Waals surface area contributed by atoms with Crippen LogP contribution in [0.4, 0.5) is 0 Å². The number of carbonyl (C=O) groups excluding carboxylic acids is 2. The van der Waals surface area contributed by atoms with Gasteiger partial charge in [0.15, 0.2) is 6.10 Å². The summed E-state index contributed by atoms with van der Waals surface area (Å²) >= 11 is 0. The topological polar surface area (TPSA) is 108 Å². The Labute approximate surface area is 313 Å². The van der Waals surface area contributed by atoms with E-state index in [1.54, 1.807) is 0 Å². The zero-order valence-electron chi connectivity index (χ0n) is 33.6. The molecule has 0 rings (SSSR count). The summed E-state index contributed by atoms with van der Waals surface area (Å²) in [4.78, 5) is 35.2. The highest BCUT2D eigenvalue weighted by Crippen LogP contribution is 2.43. The number of nitrogens with zero attached hydrogens (tertiary/aromatic N) is 1. The first-order chi connectivity index (χ1) is 24.5. The highest BCUT2D eigenvalue weighted by Gasteiger charge is 2.27. The molecule has 1 N–H and O–H groups in total. The fraction of sp³-hybridized carbons (Fsp3) is 0.854. The predicted molar refractivity (Wildman–Crippen MR) is 211 cm³/mol. The van der Waals surface area contributed by atoms with E-state index in [1.807, 2.05) is 21.1 Å². The lowest BCUT2D eigenvalue weighted by Crippen LogP contribution is -2.37. The van der Waals surface area contributed by atoms with Crippen LogP contribution in [-0.2, 0) is 32.7 Å². The number of likely N-dealkylation sites (N-methyl/N-ethyl adjacent to an activating group) is 1. The van der Waals surface area contributed by atoms with E-state index in [-0.39, 0.29) is 32.0 Å². The largest absolute Gasteiger partial charge is 0.472 e. The molecule has 0 bridgehead atoms. The third-order valence-electron chi connectivity index (χ3n) is 8.70. The molecule has 0 heterocycles. The van der Waals surface area contributed by atoms with E-state index in [2.05, 4.69) is 38.2 Å². The molecule has 0 aliphatic rings. The lowest BCUT2D eigenvalue weighted by Gasteiger charge is -2.24. The Balaban J connectivity index is 4.42. The van der Waals surface area contributed by atoms with Crippen LogP contribution in [0.2, 0.25) is 0 Å². The number of allylic oxidation sites excluding steroid dienone is 4. The molecule has 51 heavy (non-hydrogen) atoms. The molecule has 0 radical (unpaired) electrons. The lowest BCUT2D eigenvalue weighted by molar-refractivity contribution is -0.870. The van der Waals surface area contributed by atoms with Crippen LogP contribution in [0.1, 0.15) is 174 Å². The molecular weight excluding hydrogens is 665 g/mol. The number of esters is 2. The van der Waals surface area contributed by atoms with Gasteiger partial charge in [-0.3, -0.25) is 18.6 Å². The average molecular weight is 745 g/mol. The summed E-state index contributed by atoms with van der Waals surface area (Å²) in [7, 11) is 1.47. The summed E-state index contributed by atoms with van der Waals surface area (Å²) in [6.45, 7) is 4.37. The Morgan fingerprint density at radius 1 is 0.588 bits per heavy atom. The zero-order chi connectivity index (χ0) is 37.9. The van der Waals surface area contributed by atoms with Gasteiger partial charge in [-0.25, -0.2) is 4.57 Å². The van der Waals surface area contributed by atoms with Crippen molar-refractivity contribution in [1.82, 2.24) is 0 Å². The molecule has 0 fully saturated rings. The zero-order valence-corrected chi connectivity index (χ0v) is 34.5. The monoisotopic (exact) mass is 745 g/mol. The third kappa shape index (κ3) is 38.0. The van der Waals surface area contributed by atoms with Crippen molar-refractivity contribution in [2.75, 3.05) is 47.5 Å². The van der Waals surface area contributed by atoms with Gasteiger partial charge in [-0.1, -0.05) is 122 Å². The van der Waals surface area contributed by atoms with Crippen molar-refractivity contribution in [3.63, 3.8) is 0 Å². The molecule has 0 saturated carbocycles. The van der Waals surface area contributed by atoms with E-state index in [1.165, 1.54) is 70.6 Å². The normalized spacial score (nSPS) is 13.9. The summed E-state index contributed by atoms with van der Waals surface area (Å²) < 4.78 is 34.2. The lowest BCUT2D eigenvalue weighted by atomic mass is 10.1. The Morgan fingerprint density at radius 3 is 1.49 bits per heavy atom. The third-order valence-corrected chi connectivity index (χ3v) is 9.69. The molecule has 0 aliphatic carbocycles. The highest BCUT2D eigenvalue weighted by molar-refractivity contribution is 7.47. The molecule has 0 aromatic rings. The number of carbonyl (C=O) groups is 2. The molecule has 0 amide bonds. The number of rotatable bonds is 37. The van der Waals surface area contributed by atoms with Gasteiger partial charge in [-0.15, -0.1) is 0 Å². The number of phosphoric acid groups is 1. The van der Waals surface area contributed by atoms with E-state index in [9.17, 15) is 19.0 Å². The minimum atomic E-state index is -4.37. The van der Waals surface area contributed by atoms with Crippen molar-refractivity contribution in [1.29, 1.82) is 0 Å². The molecule has 0 aliphatic heterocycles. The van der Waals surface area contributed by atoms with Crippen LogP contribution in [0, 0.1) is 0 Å². The number of ether oxygens (including phenoxy) is 2. The fourth-order valence-electron chi connectivity index (χ4n) is 5.41. The Kier molecular flexibility index (Phi) is 33.3. The van der Waals surface area contributed by atoms with Crippen molar-refractivity contribution < 1.29 is 42.1 Å². The summed E-state index contributed by atoms with van der Waals surface area (Å²) in [5, 5.41) is 0. The van der Waals surface area contributed by atoms with Crippen molar-refractivity contribution >= 4 is 19.8 Å². The average Bonchev–Trinajstić information content (AvgIpc) is 3.07. The van der Waals surface area contributed by atoms with Gasteiger partial charge < -0.3 is 18.9 Å². The van der Waals surface area contributed by atoms with Gasteiger partial charge >= 0.3 is 19.8 Å². The SMILES string of the molecule is CCCCC/C=C\CCCCCCCC(=O)OCC(COP(=O)(O)OCC[N+](C)(C)C)OC(=O)CCCCCCC/C=C\CCCCCCCC. The Hall–Kier alpha value is -1.51. The van der Waals surface area contributed by atoms with Gasteiger partial charge in [0.2, 0.25) is 0 Å². The van der Waals surface area contributed by atoms with Gasteiger partial charge in [0.1, 0.15) is 19.8 Å². The molecule has 10 heteroatoms. The summed E-state index contributed by atoms with van der Waals surface area (Å²) in [6, 6.07) is 0. The van der Waals surface area contributed by atoms with Crippen molar-refractivity contribution in [2.24, 2.45) is 0 Å². The van der Waals surface area contributed by atoms with Crippen LogP contribution in [0.15, 0.2) is 24.3 Å². The number of quaternary nitrogens is 1.